The largest absolute Gasteiger partial charge is 0.488 e. The van der Waals surface area contributed by atoms with Crippen molar-refractivity contribution >= 4 is 16.4 Å². The van der Waals surface area contributed by atoms with E-state index < -0.39 is 47.1 Å². The van der Waals surface area contributed by atoms with E-state index in [-0.39, 0.29) is 5.56 Å². The van der Waals surface area contributed by atoms with Crippen molar-refractivity contribution in [1.29, 1.82) is 5.26 Å². The zero-order chi connectivity index (χ0) is 16.5. The Balaban J connectivity index is 2.27. The second kappa shape index (κ2) is 5.45. The molecule has 2 heterocycles. The smallest absolute Gasteiger partial charge is 0.357 e. The number of amides is 1. The second-order valence-electron chi connectivity index (χ2n) is 4.52. The molecule has 1 aliphatic rings. The van der Waals surface area contributed by atoms with Gasteiger partial charge >= 0.3 is 10.5 Å². The van der Waals surface area contributed by atoms with Crippen LogP contribution in [0, 0.1) is 11.3 Å². The monoisotopic (exact) mass is 335 g/mol. The summed E-state index contributed by atoms with van der Waals surface area (Å²) in [4.78, 5) is 16.2. The van der Waals surface area contributed by atoms with Gasteiger partial charge in [0, 0.05) is 12.6 Å². The average molecular weight is 335 g/mol. The van der Waals surface area contributed by atoms with Crippen LogP contribution in [0.25, 0.3) is 0 Å². The number of halogens is 3. The minimum absolute atomic E-state index is 0.306. The van der Waals surface area contributed by atoms with Crippen molar-refractivity contribution in [2.24, 2.45) is 0 Å². The number of carbonyl (C=O) groups excluding carboxylic acids is 1. The van der Waals surface area contributed by atoms with Crippen LogP contribution in [-0.4, -0.2) is 42.7 Å². The molecule has 0 bridgehead atoms. The summed E-state index contributed by atoms with van der Waals surface area (Å²) in [5.74, 6) is -4.74. The zero-order valence-electron chi connectivity index (χ0n) is 10.7. The fourth-order valence-corrected chi connectivity index (χ4v) is 2.33. The number of alkyl halides is 2. The third-order valence-corrected chi connectivity index (χ3v) is 3.23. The lowest BCUT2D eigenvalue weighted by Crippen LogP contribution is -2.36. The van der Waals surface area contributed by atoms with E-state index in [2.05, 4.69) is 9.17 Å². The highest BCUT2D eigenvalue weighted by atomic mass is 32.3. The van der Waals surface area contributed by atoms with Gasteiger partial charge < -0.3 is 9.08 Å². The SMILES string of the molecule is N#CC1CC(F)(F)CN1C(=O)c1cncc(OS(=O)(=O)F)c1. The number of pyridine rings is 1. The van der Waals surface area contributed by atoms with Gasteiger partial charge in [-0.05, 0) is 6.07 Å². The molecule has 1 atom stereocenters. The summed E-state index contributed by atoms with van der Waals surface area (Å²) >= 11 is 0. The summed E-state index contributed by atoms with van der Waals surface area (Å²) in [6.45, 7) is -0.948. The normalized spacial score (nSPS) is 20.5. The van der Waals surface area contributed by atoms with Crippen LogP contribution in [0.2, 0.25) is 0 Å². The molecule has 0 aliphatic carbocycles. The molecule has 1 fully saturated rings. The summed E-state index contributed by atoms with van der Waals surface area (Å²) < 4.78 is 63.6. The van der Waals surface area contributed by atoms with Crippen LogP contribution in [0.3, 0.4) is 0 Å². The standard InChI is InChI=1S/C11H8F3N3O4S/c12-11(13)2-8(3-15)17(6-11)10(18)7-1-9(5-16-4-7)21-22(14,19)20/h1,4-5,8H,2,6H2. The number of nitriles is 1. The van der Waals surface area contributed by atoms with E-state index in [0.717, 1.165) is 18.5 Å². The van der Waals surface area contributed by atoms with Crippen LogP contribution >= 0.6 is 0 Å². The molecule has 1 aromatic heterocycles. The Bertz CT molecular complexity index is 747. The van der Waals surface area contributed by atoms with Crippen molar-refractivity contribution in [3.05, 3.63) is 24.0 Å². The van der Waals surface area contributed by atoms with E-state index in [4.69, 9.17) is 5.26 Å². The van der Waals surface area contributed by atoms with Crippen molar-refractivity contribution in [2.45, 2.75) is 18.4 Å². The number of likely N-dealkylation sites (tertiary alicyclic amines) is 1. The molecule has 1 saturated heterocycles. The molecule has 0 N–H and O–H groups in total. The summed E-state index contributed by atoms with van der Waals surface area (Å²) in [7, 11) is -5.31. The van der Waals surface area contributed by atoms with E-state index in [1.54, 1.807) is 6.07 Å². The molecule has 0 radical (unpaired) electrons. The Kier molecular flexibility index (Phi) is 3.97. The van der Waals surface area contributed by atoms with Gasteiger partial charge in [-0.25, -0.2) is 8.78 Å². The third kappa shape index (κ3) is 3.64. The van der Waals surface area contributed by atoms with Gasteiger partial charge in [-0.2, -0.15) is 13.7 Å². The first-order chi connectivity index (χ1) is 10.1. The highest BCUT2D eigenvalue weighted by Crippen LogP contribution is 2.32. The molecule has 118 valence electrons. The third-order valence-electron chi connectivity index (χ3n) is 2.84. The number of carbonyl (C=O) groups is 1. The maximum absolute atomic E-state index is 13.3. The molecular formula is C11H8F3N3O4S. The first-order valence-electron chi connectivity index (χ1n) is 5.79. The summed E-state index contributed by atoms with van der Waals surface area (Å²) in [5.41, 5.74) is -0.306. The summed E-state index contributed by atoms with van der Waals surface area (Å²) in [6, 6.07) is 1.10. The van der Waals surface area contributed by atoms with Gasteiger partial charge in [0.1, 0.15) is 6.04 Å². The van der Waals surface area contributed by atoms with Gasteiger partial charge in [-0.15, -0.1) is 0 Å². The maximum Gasteiger partial charge on any atom is 0.488 e. The lowest BCUT2D eigenvalue weighted by atomic mass is 10.2. The van der Waals surface area contributed by atoms with E-state index in [1.165, 1.54) is 0 Å². The van der Waals surface area contributed by atoms with E-state index in [0.29, 0.717) is 4.90 Å². The number of rotatable bonds is 3. The predicted molar refractivity (Wildman–Crippen MR) is 64.9 cm³/mol. The predicted octanol–water partition coefficient (Wildman–Crippen LogP) is 1.05. The fourth-order valence-electron chi connectivity index (χ4n) is 2.01. The molecule has 0 saturated carbocycles. The highest BCUT2D eigenvalue weighted by Gasteiger charge is 2.47. The molecule has 11 heteroatoms. The Morgan fingerprint density at radius 2 is 2.18 bits per heavy atom. The highest BCUT2D eigenvalue weighted by molar-refractivity contribution is 7.81. The van der Waals surface area contributed by atoms with Crippen molar-refractivity contribution in [3.63, 3.8) is 0 Å². The Morgan fingerprint density at radius 3 is 2.77 bits per heavy atom. The molecule has 22 heavy (non-hydrogen) atoms. The molecule has 1 aliphatic heterocycles. The first kappa shape index (κ1) is 16.0. The minimum Gasteiger partial charge on any atom is -0.357 e. The lowest BCUT2D eigenvalue weighted by Gasteiger charge is -2.19. The molecular weight excluding hydrogens is 327 g/mol. The summed E-state index contributed by atoms with van der Waals surface area (Å²) in [5, 5.41) is 8.83. The first-order valence-corrected chi connectivity index (χ1v) is 7.10. The number of aromatic nitrogens is 1. The maximum atomic E-state index is 13.3. The van der Waals surface area contributed by atoms with Crippen LogP contribution in [0.15, 0.2) is 18.5 Å². The molecule has 1 unspecified atom stereocenters. The van der Waals surface area contributed by atoms with E-state index >= 15 is 0 Å². The number of hydrogen-bond donors (Lipinski definition) is 0. The van der Waals surface area contributed by atoms with Crippen LogP contribution in [0.5, 0.6) is 5.75 Å². The molecule has 2 rings (SSSR count). The lowest BCUT2D eigenvalue weighted by molar-refractivity contribution is 0.0119. The van der Waals surface area contributed by atoms with E-state index in [1.807, 2.05) is 0 Å². The summed E-state index contributed by atoms with van der Waals surface area (Å²) in [6.07, 6.45) is 0.997. The molecule has 0 spiro atoms. The number of hydrogen-bond acceptors (Lipinski definition) is 6. The van der Waals surface area contributed by atoms with Crippen molar-refractivity contribution in [3.8, 4) is 11.8 Å². The van der Waals surface area contributed by atoms with Crippen LogP contribution < -0.4 is 4.18 Å². The van der Waals surface area contributed by atoms with Gasteiger partial charge in [-0.1, -0.05) is 3.89 Å². The quantitative estimate of drug-likeness (QED) is 0.765. The average Bonchev–Trinajstić information content (AvgIpc) is 2.71. The van der Waals surface area contributed by atoms with Gasteiger partial charge in [0.15, 0.2) is 5.75 Å². The van der Waals surface area contributed by atoms with Crippen LogP contribution in [0.1, 0.15) is 16.8 Å². The molecule has 0 aromatic carbocycles. The Hall–Kier alpha value is -2.35. The molecule has 1 aromatic rings. The zero-order valence-corrected chi connectivity index (χ0v) is 11.6. The van der Waals surface area contributed by atoms with E-state index in [9.17, 15) is 25.9 Å². The van der Waals surface area contributed by atoms with Gasteiger partial charge in [0.25, 0.3) is 11.8 Å². The number of nitrogens with zero attached hydrogens (tertiary/aromatic N) is 3. The van der Waals surface area contributed by atoms with Crippen molar-refractivity contribution < 1.29 is 30.1 Å². The molecule has 7 nitrogen and oxygen atoms in total. The van der Waals surface area contributed by atoms with Gasteiger partial charge in [0.2, 0.25) is 0 Å². The van der Waals surface area contributed by atoms with Crippen LogP contribution in [-0.2, 0) is 10.5 Å². The topological polar surface area (TPSA) is 100 Å². The second-order valence-corrected chi connectivity index (χ2v) is 5.48. The Morgan fingerprint density at radius 1 is 1.50 bits per heavy atom. The van der Waals surface area contributed by atoms with Gasteiger partial charge in [-0.3, -0.25) is 9.78 Å². The van der Waals surface area contributed by atoms with Gasteiger partial charge in [0.05, 0.1) is 24.4 Å². The van der Waals surface area contributed by atoms with Crippen molar-refractivity contribution in [2.75, 3.05) is 6.54 Å². The van der Waals surface area contributed by atoms with Crippen molar-refractivity contribution in [1.82, 2.24) is 9.88 Å². The minimum atomic E-state index is -5.31. The Labute approximate surface area is 123 Å². The fraction of sp³-hybridized carbons (Fsp3) is 0.364. The van der Waals surface area contributed by atoms with Crippen LogP contribution in [0.4, 0.5) is 12.7 Å². The molecule has 1 amide bonds.